The maximum absolute atomic E-state index is 11.2. The van der Waals surface area contributed by atoms with Gasteiger partial charge >= 0.3 is 5.97 Å². The predicted octanol–water partition coefficient (Wildman–Crippen LogP) is 4.45. The molecule has 158 valence electrons. The number of unbranched alkanes of at least 4 members (excludes halogenated alkanes) is 3. The first kappa shape index (κ1) is 22.7. The fraction of sp³-hybridized carbons (Fsp3) is 0.545. The zero-order chi connectivity index (χ0) is 19.8. The van der Waals surface area contributed by atoms with Gasteiger partial charge in [0.05, 0.1) is 6.42 Å². The van der Waals surface area contributed by atoms with Gasteiger partial charge in [0.2, 0.25) is 0 Å². The first-order chi connectivity index (χ1) is 13.6. The van der Waals surface area contributed by atoms with Crippen LogP contribution in [0.15, 0.2) is 24.5 Å². The first-order valence-electron chi connectivity index (χ1n) is 10.3. The minimum atomic E-state index is -0.766. The Labute approximate surface area is 173 Å². The molecule has 0 unspecified atom stereocenters. The van der Waals surface area contributed by atoms with Gasteiger partial charge in [0.25, 0.3) is 0 Å². The maximum Gasteiger partial charge on any atom is 0.303 e. The van der Waals surface area contributed by atoms with Crippen molar-refractivity contribution >= 4 is 11.8 Å². The van der Waals surface area contributed by atoms with Gasteiger partial charge in [0.15, 0.2) is 0 Å². The summed E-state index contributed by atoms with van der Waals surface area (Å²) in [5.41, 5.74) is 3.42. The third-order valence-corrected chi connectivity index (χ3v) is 5.38. The normalized spacial score (nSPS) is 13.7. The van der Waals surface area contributed by atoms with Crippen molar-refractivity contribution in [3.63, 3.8) is 0 Å². The van der Waals surface area contributed by atoms with Gasteiger partial charge in [-0.25, -0.2) is 15.0 Å². The second-order valence-electron chi connectivity index (χ2n) is 7.65. The molecule has 0 saturated carbocycles. The number of rotatable bonds is 10. The van der Waals surface area contributed by atoms with Crippen LogP contribution in [0.2, 0.25) is 0 Å². The van der Waals surface area contributed by atoms with E-state index in [0.717, 1.165) is 68.6 Å². The maximum atomic E-state index is 11.2. The van der Waals surface area contributed by atoms with Crippen molar-refractivity contribution in [3.05, 3.63) is 47.2 Å². The second-order valence-corrected chi connectivity index (χ2v) is 7.65. The highest BCUT2D eigenvalue weighted by Crippen LogP contribution is 2.26. The monoisotopic (exact) mass is 399 g/mol. The van der Waals surface area contributed by atoms with Crippen LogP contribution in [-0.4, -0.2) is 32.6 Å². The molecule has 1 atom stereocenters. The number of fused-ring (bicyclic) bond motifs is 1. The van der Waals surface area contributed by atoms with Crippen LogP contribution in [0.3, 0.4) is 0 Å². The number of aromatic nitrogens is 3. The molecule has 1 aliphatic rings. The number of hydrogen-bond donors (Lipinski definition) is 3. The van der Waals surface area contributed by atoms with Gasteiger partial charge in [-0.1, -0.05) is 25.3 Å². The van der Waals surface area contributed by atoms with Crippen molar-refractivity contribution in [2.45, 2.75) is 70.6 Å². The van der Waals surface area contributed by atoms with E-state index in [1.165, 1.54) is 12.0 Å². The zero-order valence-corrected chi connectivity index (χ0v) is 17.4. The molecule has 0 aromatic carbocycles. The first-order valence-corrected chi connectivity index (χ1v) is 10.3. The number of hydrogen-bond acceptors (Lipinski definition) is 6. The molecule has 0 bridgehead atoms. The topological polar surface area (TPSA) is 123 Å². The van der Waals surface area contributed by atoms with E-state index in [1.54, 1.807) is 12.4 Å². The van der Waals surface area contributed by atoms with E-state index < -0.39 is 5.97 Å². The van der Waals surface area contributed by atoms with Crippen LogP contribution in [-0.2, 0) is 17.6 Å². The molecule has 2 aromatic rings. The Bertz CT molecular complexity index is 779. The van der Waals surface area contributed by atoms with E-state index in [2.05, 4.69) is 27.4 Å². The molecule has 0 amide bonds. The average Bonchev–Trinajstić information content (AvgIpc) is 2.70. The van der Waals surface area contributed by atoms with Crippen LogP contribution in [0.25, 0.3) is 0 Å². The van der Waals surface area contributed by atoms with E-state index >= 15 is 0 Å². The van der Waals surface area contributed by atoms with Crippen molar-refractivity contribution < 1.29 is 9.90 Å². The lowest BCUT2D eigenvalue weighted by Gasteiger charge is -2.17. The minimum absolute atomic E-state index is 0. The molecule has 0 radical (unpaired) electrons. The van der Waals surface area contributed by atoms with Gasteiger partial charge in [0, 0.05) is 24.6 Å². The summed E-state index contributed by atoms with van der Waals surface area (Å²) in [7, 11) is 0. The lowest BCUT2D eigenvalue weighted by Crippen LogP contribution is -2.13. The number of pyridine rings is 1. The van der Waals surface area contributed by atoms with Crippen molar-refractivity contribution in [2.75, 3.05) is 11.9 Å². The van der Waals surface area contributed by atoms with Gasteiger partial charge in [-0.05, 0) is 62.1 Å². The van der Waals surface area contributed by atoms with Gasteiger partial charge in [-0.3, -0.25) is 4.79 Å². The number of anilines is 1. The molecule has 3 heterocycles. The average molecular weight is 400 g/mol. The molecule has 0 fully saturated rings. The molecule has 0 saturated heterocycles. The molecular formula is C22H33N5O2. The van der Waals surface area contributed by atoms with Crippen LogP contribution in [0.4, 0.5) is 5.82 Å². The molecule has 7 heteroatoms. The molecule has 0 spiro atoms. The van der Waals surface area contributed by atoms with Crippen LogP contribution in [0, 0.1) is 6.92 Å². The van der Waals surface area contributed by atoms with E-state index in [0.29, 0.717) is 5.82 Å². The molecular weight excluding hydrogens is 366 g/mol. The Morgan fingerprint density at radius 1 is 1.17 bits per heavy atom. The van der Waals surface area contributed by atoms with Crippen molar-refractivity contribution in [2.24, 2.45) is 0 Å². The van der Waals surface area contributed by atoms with E-state index in [4.69, 9.17) is 4.98 Å². The summed E-state index contributed by atoms with van der Waals surface area (Å²) in [4.78, 5) is 24.4. The molecule has 3 rings (SSSR count). The number of aryl methyl sites for hydroxylation is 3. The fourth-order valence-electron chi connectivity index (χ4n) is 3.77. The Kier molecular flexibility index (Phi) is 8.99. The second kappa shape index (κ2) is 11.5. The SMILES string of the molecule is Cc1ncc([C@H](CCCCCCc2ccc3c(n2)NCCC3)CC(=O)O)cn1.N. The van der Waals surface area contributed by atoms with Crippen LogP contribution < -0.4 is 11.5 Å². The number of carboxylic acids is 1. The van der Waals surface area contributed by atoms with Gasteiger partial charge in [-0.2, -0.15) is 0 Å². The molecule has 1 aliphatic heterocycles. The minimum Gasteiger partial charge on any atom is -0.481 e. The summed E-state index contributed by atoms with van der Waals surface area (Å²) in [5, 5.41) is 12.6. The van der Waals surface area contributed by atoms with Crippen molar-refractivity contribution in [1.29, 1.82) is 0 Å². The van der Waals surface area contributed by atoms with Gasteiger partial charge < -0.3 is 16.6 Å². The van der Waals surface area contributed by atoms with Crippen molar-refractivity contribution in [3.8, 4) is 0 Å². The van der Waals surface area contributed by atoms with Gasteiger partial charge in [-0.15, -0.1) is 0 Å². The van der Waals surface area contributed by atoms with Crippen LogP contribution >= 0.6 is 0 Å². The number of carboxylic acid groups (broad SMARTS) is 1. The molecule has 2 aromatic heterocycles. The number of carbonyl (C=O) groups is 1. The lowest BCUT2D eigenvalue weighted by molar-refractivity contribution is -0.137. The Balaban J connectivity index is 0.00000300. The fourth-order valence-corrected chi connectivity index (χ4v) is 3.77. The zero-order valence-electron chi connectivity index (χ0n) is 17.4. The van der Waals surface area contributed by atoms with E-state index in [1.807, 2.05) is 6.92 Å². The highest BCUT2D eigenvalue weighted by molar-refractivity contribution is 5.68. The largest absolute Gasteiger partial charge is 0.481 e. The Morgan fingerprint density at radius 2 is 1.93 bits per heavy atom. The summed E-state index contributed by atoms with van der Waals surface area (Å²) in [6, 6.07) is 4.37. The highest BCUT2D eigenvalue weighted by atomic mass is 16.4. The third kappa shape index (κ3) is 7.09. The summed E-state index contributed by atoms with van der Waals surface area (Å²) in [6.45, 7) is 2.86. The standard InChI is InChI=1S/C22H30N4O2.H3N/c1-16-24-14-19(15-25-16)18(13-21(27)28)7-4-2-3-5-9-20-11-10-17-8-6-12-23-22(17)26-20;/h10-11,14-15,18H,2-9,12-13H2,1H3,(H,23,26)(H,27,28);1H3/t18-;/m1./s1. The highest BCUT2D eigenvalue weighted by Gasteiger charge is 2.16. The molecule has 7 nitrogen and oxygen atoms in total. The number of aliphatic carboxylic acids is 1. The van der Waals surface area contributed by atoms with Crippen molar-refractivity contribution in [1.82, 2.24) is 21.1 Å². The van der Waals surface area contributed by atoms with E-state index in [9.17, 15) is 9.90 Å². The summed E-state index contributed by atoms with van der Waals surface area (Å²) < 4.78 is 0. The lowest BCUT2D eigenvalue weighted by atomic mass is 9.92. The third-order valence-electron chi connectivity index (χ3n) is 5.38. The number of nitrogens with one attached hydrogen (secondary N) is 1. The van der Waals surface area contributed by atoms with E-state index in [-0.39, 0.29) is 18.5 Å². The summed E-state index contributed by atoms with van der Waals surface area (Å²) in [5.74, 6) is 1.01. The quantitative estimate of drug-likeness (QED) is 0.504. The predicted molar refractivity (Wildman–Crippen MR) is 115 cm³/mol. The summed E-state index contributed by atoms with van der Waals surface area (Å²) >= 11 is 0. The summed E-state index contributed by atoms with van der Waals surface area (Å²) in [6.07, 6.45) is 12.2. The molecule has 29 heavy (non-hydrogen) atoms. The van der Waals surface area contributed by atoms with Crippen LogP contribution in [0.1, 0.15) is 73.5 Å². The molecule has 0 aliphatic carbocycles. The number of nitrogens with zero attached hydrogens (tertiary/aromatic N) is 3. The van der Waals surface area contributed by atoms with Gasteiger partial charge in [0.1, 0.15) is 11.6 Å². The smallest absolute Gasteiger partial charge is 0.303 e. The molecule has 5 N–H and O–H groups in total. The Morgan fingerprint density at radius 3 is 2.69 bits per heavy atom. The Hall–Kier alpha value is -2.54. The van der Waals surface area contributed by atoms with Crippen LogP contribution in [0.5, 0.6) is 0 Å².